The normalized spacial score (nSPS) is 10.6. The van der Waals surface area contributed by atoms with Crippen LogP contribution in [0.2, 0.25) is 5.15 Å². The van der Waals surface area contributed by atoms with Gasteiger partial charge < -0.3 is 19.2 Å². The topological polar surface area (TPSA) is 90.5 Å². The molecular weight excluding hydrogens is 372 g/mol. The van der Waals surface area contributed by atoms with Gasteiger partial charge >= 0.3 is 5.97 Å². The molecule has 0 unspecified atom stereocenters. The van der Waals surface area contributed by atoms with E-state index < -0.39 is 11.4 Å². The molecule has 0 fully saturated rings. The first-order valence-electron chi connectivity index (χ1n) is 8.17. The van der Waals surface area contributed by atoms with Crippen LogP contribution in [0.4, 0.5) is 0 Å². The molecule has 0 amide bonds. The number of nitrogens with one attached hydrogen (secondary N) is 1. The molecule has 0 saturated heterocycles. The van der Waals surface area contributed by atoms with Crippen LogP contribution in [0.5, 0.6) is 11.5 Å². The summed E-state index contributed by atoms with van der Waals surface area (Å²) in [6, 6.07) is 6.63. The summed E-state index contributed by atoms with van der Waals surface area (Å²) < 4.78 is 16.0. The van der Waals surface area contributed by atoms with Crippen molar-refractivity contribution >= 4 is 28.5 Å². The number of carbonyl (C=O) groups excluding carboxylic acids is 1. The van der Waals surface area contributed by atoms with Crippen molar-refractivity contribution in [3.05, 3.63) is 63.2 Å². The molecule has 0 saturated carbocycles. The lowest BCUT2D eigenvalue weighted by atomic mass is 10.1. The van der Waals surface area contributed by atoms with Crippen LogP contribution in [-0.2, 0) is 11.3 Å². The summed E-state index contributed by atoms with van der Waals surface area (Å²) in [5, 5.41) is 0.686. The molecule has 0 radical (unpaired) electrons. The minimum Gasteiger partial charge on any atom is -0.493 e. The third-order valence-corrected chi connectivity index (χ3v) is 4.07. The van der Waals surface area contributed by atoms with E-state index in [0.717, 1.165) is 5.56 Å². The Morgan fingerprint density at radius 2 is 2.07 bits per heavy atom. The molecule has 0 spiro atoms. The number of hydrogen-bond acceptors (Lipinski definition) is 6. The predicted molar refractivity (Wildman–Crippen MR) is 101 cm³/mol. The van der Waals surface area contributed by atoms with Gasteiger partial charge in [0, 0.05) is 24.0 Å². The van der Waals surface area contributed by atoms with Crippen molar-refractivity contribution in [3.8, 4) is 11.5 Å². The third kappa shape index (κ3) is 4.03. The largest absolute Gasteiger partial charge is 0.493 e. The highest BCUT2D eigenvalue weighted by Crippen LogP contribution is 2.31. The molecule has 8 heteroatoms. The summed E-state index contributed by atoms with van der Waals surface area (Å²) in [4.78, 5) is 31.5. The Hall–Kier alpha value is -3.06. The number of carbonyl (C=O) groups is 1. The highest BCUT2D eigenvalue weighted by molar-refractivity contribution is 6.29. The first-order chi connectivity index (χ1) is 13.0. The zero-order valence-corrected chi connectivity index (χ0v) is 15.5. The van der Waals surface area contributed by atoms with Crippen molar-refractivity contribution < 1.29 is 19.0 Å². The summed E-state index contributed by atoms with van der Waals surface area (Å²) in [5.74, 6) is 0.140. The number of hydrogen-bond donors (Lipinski definition) is 1. The van der Waals surface area contributed by atoms with E-state index in [1.165, 1.54) is 13.3 Å². The molecule has 0 aliphatic carbocycles. The Morgan fingerprint density at radius 1 is 1.26 bits per heavy atom. The number of nitrogens with zero attached hydrogens (tertiary/aromatic N) is 1. The average molecular weight is 389 g/mol. The van der Waals surface area contributed by atoms with Gasteiger partial charge in [0.15, 0.2) is 11.5 Å². The Balaban J connectivity index is 1.98. The number of esters is 1. The van der Waals surface area contributed by atoms with Crippen LogP contribution in [0, 0.1) is 0 Å². The molecular formula is C19H17ClN2O5. The highest BCUT2D eigenvalue weighted by Gasteiger charge is 2.16. The number of benzene rings is 1. The summed E-state index contributed by atoms with van der Waals surface area (Å²) in [7, 11) is 1.50. The fraction of sp³-hybridized carbons (Fsp3) is 0.211. The number of aromatic amines is 1. The van der Waals surface area contributed by atoms with Gasteiger partial charge in [0.2, 0.25) is 5.43 Å². The van der Waals surface area contributed by atoms with Crippen LogP contribution < -0.4 is 14.9 Å². The average Bonchev–Trinajstić information content (AvgIpc) is 2.67. The molecule has 0 aliphatic rings. The van der Waals surface area contributed by atoms with Gasteiger partial charge in [-0.2, -0.15) is 0 Å². The van der Waals surface area contributed by atoms with Gasteiger partial charge in [-0.15, -0.1) is 0 Å². The van der Waals surface area contributed by atoms with Crippen LogP contribution in [-0.4, -0.2) is 29.7 Å². The fourth-order valence-corrected chi connectivity index (χ4v) is 2.63. The first kappa shape index (κ1) is 18.7. The highest BCUT2D eigenvalue weighted by atomic mass is 35.5. The second kappa shape index (κ2) is 8.09. The van der Waals surface area contributed by atoms with Gasteiger partial charge in [0.1, 0.15) is 17.3 Å². The van der Waals surface area contributed by atoms with Crippen LogP contribution in [0.15, 0.2) is 41.5 Å². The predicted octanol–water partition coefficient (Wildman–Crippen LogP) is 3.34. The molecule has 27 heavy (non-hydrogen) atoms. The van der Waals surface area contributed by atoms with E-state index in [1.807, 2.05) is 0 Å². The van der Waals surface area contributed by atoms with E-state index in [2.05, 4.69) is 9.97 Å². The van der Waals surface area contributed by atoms with Gasteiger partial charge in [-0.3, -0.25) is 4.79 Å². The van der Waals surface area contributed by atoms with Gasteiger partial charge in [0.05, 0.1) is 24.6 Å². The summed E-state index contributed by atoms with van der Waals surface area (Å²) >= 11 is 5.77. The standard InChI is InChI=1S/C19H17ClN2O5/c1-3-26-19(24)13-9-21-14-7-15(25-2)16(6-12(14)18(13)23)27-10-11-4-5-17(20)22-8-11/h4-9H,3,10H2,1-2H3,(H,21,23). The van der Waals surface area contributed by atoms with Crippen molar-refractivity contribution in [2.75, 3.05) is 13.7 Å². The summed E-state index contributed by atoms with van der Waals surface area (Å²) in [5.41, 5.74) is 0.811. The fourth-order valence-electron chi connectivity index (χ4n) is 2.51. The molecule has 2 aromatic heterocycles. The van der Waals surface area contributed by atoms with Gasteiger partial charge in [0.25, 0.3) is 0 Å². The molecule has 3 aromatic rings. The third-order valence-electron chi connectivity index (χ3n) is 3.84. The number of fused-ring (bicyclic) bond motifs is 1. The number of halogens is 1. The van der Waals surface area contributed by atoms with Gasteiger partial charge in [-0.1, -0.05) is 17.7 Å². The maximum absolute atomic E-state index is 12.7. The summed E-state index contributed by atoms with van der Waals surface area (Å²) in [6.45, 7) is 2.07. The molecule has 1 N–H and O–H groups in total. The second-order valence-electron chi connectivity index (χ2n) is 5.58. The van der Waals surface area contributed by atoms with E-state index in [9.17, 15) is 9.59 Å². The number of aromatic nitrogens is 2. The van der Waals surface area contributed by atoms with Gasteiger partial charge in [-0.05, 0) is 19.1 Å². The molecule has 2 heterocycles. The van der Waals surface area contributed by atoms with E-state index >= 15 is 0 Å². The quantitative estimate of drug-likeness (QED) is 0.514. The lowest BCUT2D eigenvalue weighted by Gasteiger charge is -2.12. The van der Waals surface area contributed by atoms with E-state index in [4.69, 9.17) is 25.8 Å². The monoisotopic (exact) mass is 388 g/mol. The zero-order chi connectivity index (χ0) is 19.4. The van der Waals surface area contributed by atoms with Crippen molar-refractivity contribution in [1.29, 1.82) is 0 Å². The minimum absolute atomic E-state index is 0.0673. The summed E-state index contributed by atoms with van der Waals surface area (Å²) in [6.07, 6.45) is 2.93. The van der Waals surface area contributed by atoms with Crippen molar-refractivity contribution in [1.82, 2.24) is 9.97 Å². The number of methoxy groups -OCH3 is 1. The number of rotatable bonds is 6. The van der Waals surface area contributed by atoms with Crippen molar-refractivity contribution in [2.45, 2.75) is 13.5 Å². The van der Waals surface area contributed by atoms with E-state index in [1.54, 1.807) is 37.4 Å². The van der Waals surface area contributed by atoms with E-state index in [-0.39, 0.29) is 18.8 Å². The lowest BCUT2D eigenvalue weighted by molar-refractivity contribution is 0.0524. The Labute approximate surface area is 159 Å². The molecule has 0 atom stereocenters. The van der Waals surface area contributed by atoms with Crippen LogP contribution in [0.1, 0.15) is 22.8 Å². The molecule has 7 nitrogen and oxygen atoms in total. The maximum atomic E-state index is 12.7. The number of pyridine rings is 2. The van der Waals surface area contributed by atoms with Crippen LogP contribution in [0.25, 0.3) is 10.9 Å². The van der Waals surface area contributed by atoms with E-state index in [0.29, 0.717) is 27.6 Å². The van der Waals surface area contributed by atoms with Crippen LogP contribution >= 0.6 is 11.6 Å². The Bertz CT molecular complexity index is 1030. The molecule has 0 aliphatic heterocycles. The van der Waals surface area contributed by atoms with Crippen LogP contribution in [0.3, 0.4) is 0 Å². The molecule has 140 valence electrons. The zero-order valence-electron chi connectivity index (χ0n) is 14.7. The van der Waals surface area contributed by atoms with Crippen molar-refractivity contribution in [3.63, 3.8) is 0 Å². The maximum Gasteiger partial charge on any atom is 0.343 e. The molecule has 3 rings (SSSR count). The van der Waals surface area contributed by atoms with Gasteiger partial charge in [-0.25, -0.2) is 9.78 Å². The number of H-pyrrole nitrogens is 1. The second-order valence-corrected chi connectivity index (χ2v) is 5.97. The van der Waals surface area contributed by atoms with Crippen molar-refractivity contribution in [2.24, 2.45) is 0 Å². The minimum atomic E-state index is -0.675. The SMILES string of the molecule is CCOC(=O)c1c[nH]c2cc(OC)c(OCc3ccc(Cl)nc3)cc2c1=O. The Morgan fingerprint density at radius 3 is 2.74 bits per heavy atom. The molecule has 0 bridgehead atoms. The smallest absolute Gasteiger partial charge is 0.343 e. The Kier molecular flexibility index (Phi) is 5.61. The lowest BCUT2D eigenvalue weighted by Crippen LogP contribution is -2.18. The number of ether oxygens (including phenoxy) is 3. The molecule has 1 aromatic carbocycles. The first-order valence-corrected chi connectivity index (χ1v) is 8.55.